The van der Waals surface area contributed by atoms with Crippen molar-refractivity contribution >= 4 is 29.9 Å². The van der Waals surface area contributed by atoms with Crippen molar-refractivity contribution in [3.8, 4) is 0 Å². The van der Waals surface area contributed by atoms with E-state index in [1.807, 2.05) is 38.1 Å². The maximum atomic E-state index is 12.4. The van der Waals surface area contributed by atoms with Gasteiger partial charge in [0, 0.05) is 25.4 Å². The van der Waals surface area contributed by atoms with Gasteiger partial charge in [0.25, 0.3) is 0 Å². The molecule has 0 bridgehead atoms. The van der Waals surface area contributed by atoms with Crippen molar-refractivity contribution < 1.29 is 14.3 Å². The number of benzene rings is 1. The number of nitrogens with zero attached hydrogens (tertiary/aromatic N) is 1. The van der Waals surface area contributed by atoms with Crippen LogP contribution in [0, 0.1) is 6.92 Å². The van der Waals surface area contributed by atoms with E-state index in [1.165, 1.54) is 0 Å². The van der Waals surface area contributed by atoms with Gasteiger partial charge in [-0.1, -0.05) is 25.1 Å². The fourth-order valence-electron chi connectivity index (χ4n) is 2.90. The number of ether oxygens (including phenoxy) is 1. The smallest absolute Gasteiger partial charge is 0.244 e. The van der Waals surface area contributed by atoms with Gasteiger partial charge < -0.3 is 20.3 Å². The number of aryl methyl sites for hydroxylation is 1. The van der Waals surface area contributed by atoms with Crippen LogP contribution in [0.3, 0.4) is 0 Å². The predicted molar refractivity (Wildman–Crippen MR) is 106 cm³/mol. The van der Waals surface area contributed by atoms with Crippen LogP contribution in [0.4, 0.5) is 5.69 Å². The van der Waals surface area contributed by atoms with Gasteiger partial charge in [0.05, 0.1) is 19.2 Å². The Labute approximate surface area is 162 Å². The quantitative estimate of drug-likeness (QED) is 0.686. The fraction of sp³-hybridized carbons (Fsp3) is 0.579. The molecule has 1 aromatic carbocycles. The molecule has 1 fully saturated rings. The highest BCUT2D eigenvalue weighted by molar-refractivity contribution is 5.95. The number of rotatable bonds is 9. The van der Waals surface area contributed by atoms with Crippen molar-refractivity contribution in [3.63, 3.8) is 0 Å². The van der Waals surface area contributed by atoms with E-state index in [2.05, 4.69) is 10.6 Å². The molecule has 1 aliphatic heterocycles. The number of hydrogen-bond donors (Lipinski definition) is 2. The number of anilines is 1. The molecule has 0 aliphatic carbocycles. The molecule has 1 aromatic rings. The molecule has 7 heteroatoms. The molecule has 2 amide bonds. The lowest BCUT2D eigenvalue weighted by atomic mass is 10.2. The lowest BCUT2D eigenvalue weighted by molar-refractivity contribution is -0.134. The Morgan fingerprint density at radius 2 is 2.08 bits per heavy atom. The van der Waals surface area contributed by atoms with Crippen molar-refractivity contribution in [3.05, 3.63) is 29.8 Å². The van der Waals surface area contributed by atoms with E-state index in [9.17, 15) is 9.59 Å². The molecule has 1 atom stereocenters. The minimum Gasteiger partial charge on any atom is -0.377 e. The average Bonchev–Trinajstić information content (AvgIpc) is 3.10. The summed E-state index contributed by atoms with van der Waals surface area (Å²) in [6.45, 7) is 6.31. The van der Waals surface area contributed by atoms with Crippen molar-refractivity contribution in [1.82, 2.24) is 10.2 Å². The van der Waals surface area contributed by atoms with Crippen LogP contribution < -0.4 is 10.6 Å². The molecule has 0 spiro atoms. The highest BCUT2D eigenvalue weighted by atomic mass is 35.5. The SMILES string of the molecule is CCCN(CC(=O)Nc1ccccc1C)C(=O)CNCC1CCCO1.Cl. The molecule has 1 saturated heterocycles. The van der Waals surface area contributed by atoms with Crippen molar-refractivity contribution in [1.29, 1.82) is 0 Å². The summed E-state index contributed by atoms with van der Waals surface area (Å²) in [6, 6.07) is 7.62. The summed E-state index contributed by atoms with van der Waals surface area (Å²) in [7, 11) is 0. The van der Waals surface area contributed by atoms with E-state index in [0.717, 1.165) is 37.1 Å². The lowest BCUT2D eigenvalue weighted by Gasteiger charge is -2.22. The first-order valence-electron chi connectivity index (χ1n) is 9.05. The van der Waals surface area contributed by atoms with Crippen molar-refractivity contribution in [2.45, 2.75) is 39.2 Å². The lowest BCUT2D eigenvalue weighted by Crippen LogP contribution is -2.44. The zero-order valence-corrected chi connectivity index (χ0v) is 16.4. The Balaban J connectivity index is 0.00000338. The summed E-state index contributed by atoms with van der Waals surface area (Å²) >= 11 is 0. The van der Waals surface area contributed by atoms with Crippen LogP contribution in [-0.2, 0) is 14.3 Å². The molecule has 0 radical (unpaired) electrons. The van der Waals surface area contributed by atoms with Gasteiger partial charge in [0.2, 0.25) is 11.8 Å². The van der Waals surface area contributed by atoms with Crippen LogP contribution in [0.1, 0.15) is 31.7 Å². The molecular weight excluding hydrogens is 354 g/mol. The third kappa shape index (κ3) is 7.32. The Morgan fingerprint density at radius 1 is 1.31 bits per heavy atom. The molecule has 146 valence electrons. The minimum atomic E-state index is -0.171. The molecule has 2 rings (SSSR count). The van der Waals surface area contributed by atoms with Crippen LogP contribution in [0.25, 0.3) is 0 Å². The fourth-order valence-corrected chi connectivity index (χ4v) is 2.90. The molecule has 2 N–H and O–H groups in total. The van der Waals surface area contributed by atoms with Crippen molar-refractivity contribution in [2.75, 3.05) is 38.1 Å². The van der Waals surface area contributed by atoms with E-state index < -0.39 is 0 Å². The van der Waals surface area contributed by atoms with E-state index >= 15 is 0 Å². The number of carbonyl (C=O) groups excluding carboxylic acids is 2. The van der Waals surface area contributed by atoms with Gasteiger partial charge in [-0.05, 0) is 37.8 Å². The van der Waals surface area contributed by atoms with Gasteiger partial charge >= 0.3 is 0 Å². The second-order valence-electron chi connectivity index (χ2n) is 6.44. The minimum absolute atomic E-state index is 0. The zero-order chi connectivity index (χ0) is 18.1. The van der Waals surface area contributed by atoms with E-state index in [-0.39, 0.29) is 43.4 Å². The van der Waals surface area contributed by atoms with Gasteiger partial charge in [0.15, 0.2) is 0 Å². The highest BCUT2D eigenvalue weighted by Gasteiger charge is 2.19. The number of nitrogens with one attached hydrogen (secondary N) is 2. The molecule has 1 aliphatic rings. The van der Waals surface area contributed by atoms with Crippen LogP contribution in [0.15, 0.2) is 24.3 Å². The van der Waals surface area contributed by atoms with E-state index in [1.54, 1.807) is 4.90 Å². The van der Waals surface area contributed by atoms with Gasteiger partial charge in [0.1, 0.15) is 0 Å². The summed E-state index contributed by atoms with van der Waals surface area (Å²) in [6.07, 6.45) is 3.14. The van der Waals surface area contributed by atoms with Crippen LogP contribution in [-0.4, -0.2) is 55.6 Å². The van der Waals surface area contributed by atoms with E-state index in [0.29, 0.717) is 13.1 Å². The second-order valence-corrected chi connectivity index (χ2v) is 6.44. The average molecular weight is 384 g/mol. The summed E-state index contributed by atoms with van der Waals surface area (Å²) in [5.41, 5.74) is 1.79. The third-order valence-electron chi connectivity index (χ3n) is 4.27. The number of halogens is 1. The van der Waals surface area contributed by atoms with Crippen LogP contribution in [0.2, 0.25) is 0 Å². The Hall–Kier alpha value is -1.63. The Kier molecular flexibility index (Phi) is 10.2. The number of amides is 2. The summed E-state index contributed by atoms with van der Waals surface area (Å²) in [5, 5.41) is 6.03. The normalized spacial score (nSPS) is 16.0. The summed E-state index contributed by atoms with van der Waals surface area (Å²) in [5.74, 6) is -0.227. The third-order valence-corrected chi connectivity index (χ3v) is 4.27. The first-order valence-corrected chi connectivity index (χ1v) is 9.05. The second kappa shape index (κ2) is 11.9. The van der Waals surface area contributed by atoms with Gasteiger partial charge in [-0.2, -0.15) is 0 Å². The van der Waals surface area contributed by atoms with E-state index in [4.69, 9.17) is 4.74 Å². The predicted octanol–water partition coefficient (Wildman–Crippen LogP) is 2.36. The molecule has 0 saturated carbocycles. The van der Waals surface area contributed by atoms with Gasteiger partial charge in [-0.3, -0.25) is 9.59 Å². The Morgan fingerprint density at radius 3 is 2.73 bits per heavy atom. The maximum Gasteiger partial charge on any atom is 0.244 e. The largest absolute Gasteiger partial charge is 0.377 e. The van der Waals surface area contributed by atoms with Gasteiger partial charge in [-0.15, -0.1) is 12.4 Å². The topological polar surface area (TPSA) is 70.7 Å². The summed E-state index contributed by atoms with van der Waals surface area (Å²) < 4.78 is 5.53. The first-order chi connectivity index (χ1) is 12.1. The van der Waals surface area contributed by atoms with Crippen LogP contribution >= 0.6 is 12.4 Å². The van der Waals surface area contributed by atoms with Crippen molar-refractivity contribution in [2.24, 2.45) is 0 Å². The molecular formula is C19H30ClN3O3. The Bertz CT molecular complexity index is 577. The van der Waals surface area contributed by atoms with Crippen LogP contribution in [0.5, 0.6) is 0 Å². The molecule has 0 aromatic heterocycles. The first kappa shape index (κ1) is 22.4. The molecule has 1 unspecified atom stereocenters. The molecule has 6 nitrogen and oxygen atoms in total. The number of para-hydroxylation sites is 1. The molecule has 1 heterocycles. The number of carbonyl (C=O) groups is 2. The van der Waals surface area contributed by atoms with Gasteiger partial charge in [-0.25, -0.2) is 0 Å². The monoisotopic (exact) mass is 383 g/mol. The zero-order valence-electron chi connectivity index (χ0n) is 15.6. The highest BCUT2D eigenvalue weighted by Crippen LogP contribution is 2.13. The summed E-state index contributed by atoms with van der Waals surface area (Å²) in [4.78, 5) is 26.3. The number of hydrogen-bond acceptors (Lipinski definition) is 4. The standard InChI is InChI=1S/C19H29N3O3.ClH/c1-3-10-22(19(24)13-20-12-16-8-6-11-25-16)14-18(23)21-17-9-5-4-7-15(17)2;/h4-5,7,9,16,20H,3,6,8,10-14H2,1-2H3,(H,21,23);1H. The molecule has 26 heavy (non-hydrogen) atoms. The maximum absolute atomic E-state index is 12.4.